The van der Waals surface area contributed by atoms with Crippen molar-refractivity contribution in [1.82, 2.24) is 9.55 Å². The van der Waals surface area contributed by atoms with Crippen molar-refractivity contribution in [2.75, 3.05) is 19.0 Å². The molecule has 0 spiro atoms. The number of hydrogen-bond acceptors (Lipinski definition) is 7. The number of thiophene rings is 1. The van der Waals surface area contributed by atoms with Crippen molar-refractivity contribution in [2.45, 2.75) is 37.9 Å². The molecule has 1 atom stereocenters. The van der Waals surface area contributed by atoms with Gasteiger partial charge in [-0.15, -0.1) is 17.9 Å². The highest BCUT2D eigenvalue weighted by atomic mass is 32.2. The van der Waals surface area contributed by atoms with Crippen LogP contribution in [-0.2, 0) is 19.4 Å². The van der Waals surface area contributed by atoms with Crippen LogP contribution in [0.4, 0.5) is 0 Å². The maximum absolute atomic E-state index is 13.4. The fraction of sp³-hybridized carbons (Fsp3) is 0.375. The lowest BCUT2D eigenvalue weighted by molar-refractivity contribution is 0.102. The van der Waals surface area contributed by atoms with Crippen molar-refractivity contribution in [2.24, 2.45) is 5.92 Å². The molecular formula is C24H24N2O4S2. The number of rotatable bonds is 6. The van der Waals surface area contributed by atoms with Gasteiger partial charge in [0.25, 0.3) is 5.56 Å². The summed E-state index contributed by atoms with van der Waals surface area (Å²) < 4.78 is 12.8. The Kier molecular flexibility index (Phi) is 5.82. The van der Waals surface area contributed by atoms with Crippen LogP contribution < -0.4 is 15.0 Å². The van der Waals surface area contributed by atoms with Gasteiger partial charge in [0, 0.05) is 17.0 Å². The van der Waals surface area contributed by atoms with Gasteiger partial charge in [0.05, 0.1) is 11.1 Å². The molecule has 1 unspecified atom stereocenters. The zero-order chi connectivity index (χ0) is 22.2. The first-order valence-corrected chi connectivity index (χ1v) is 12.6. The van der Waals surface area contributed by atoms with Crippen molar-refractivity contribution in [3.05, 3.63) is 57.2 Å². The first kappa shape index (κ1) is 21.3. The highest BCUT2D eigenvalue weighted by Gasteiger charge is 2.25. The molecule has 0 N–H and O–H groups in total. The summed E-state index contributed by atoms with van der Waals surface area (Å²) in [7, 11) is 0. The average Bonchev–Trinajstić information content (AvgIpc) is 3.16. The van der Waals surface area contributed by atoms with E-state index in [4.69, 9.17) is 14.5 Å². The van der Waals surface area contributed by atoms with Gasteiger partial charge < -0.3 is 9.47 Å². The lowest BCUT2D eigenvalue weighted by atomic mass is 9.89. The maximum atomic E-state index is 13.4. The molecule has 166 valence electrons. The van der Waals surface area contributed by atoms with Crippen LogP contribution in [0, 0.1) is 5.92 Å². The first-order valence-electron chi connectivity index (χ1n) is 10.8. The van der Waals surface area contributed by atoms with Gasteiger partial charge in [-0.25, -0.2) is 4.98 Å². The second-order valence-electron chi connectivity index (χ2n) is 8.20. The minimum atomic E-state index is -0.0502. The topological polar surface area (TPSA) is 70.4 Å². The van der Waals surface area contributed by atoms with E-state index < -0.39 is 0 Å². The molecule has 1 aliphatic heterocycles. The number of ether oxygens (including phenoxy) is 2. The summed E-state index contributed by atoms with van der Waals surface area (Å²) in [6.07, 6.45) is 4.72. The number of Topliss-reactive ketones (excluding diaryl/α,β-unsaturated/α-hetero) is 1. The van der Waals surface area contributed by atoms with E-state index in [0.717, 1.165) is 29.5 Å². The second-order valence-corrected chi connectivity index (χ2v) is 10.2. The number of allylic oxidation sites excluding steroid dienone is 1. The van der Waals surface area contributed by atoms with Crippen LogP contribution >= 0.6 is 23.1 Å². The molecule has 0 bridgehead atoms. The molecule has 0 saturated carbocycles. The minimum absolute atomic E-state index is 0.0313. The third-order valence-electron chi connectivity index (χ3n) is 5.89. The smallest absolute Gasteiger partial charge is 0.263 e. The standard InChI is InChI=1S/C24H24N2O4S2/c1-3-8-26-23(28)21-16-6-4-14(2)11-20(16)32-22(21)25-24(26)31-13-17(27)15-5-7-18-19(12-15)30-10-9-29-18/h3,5,7,12,14H,1,4,6,8-11,13H2,2H3. The van der Waals surface area contributed by atoms with Crippen molar-refractivity contribution in [3.8, 4) is 11.5 Å². The zero-order valence-electron chi connectivity index (χ0n) is 17.9. The summed E-state index contributed by atoms with van der Waals surface area (Å²) in [5, 5.41) is 1.31. The van der Waals surface area contributed by atoms with Gasteiger partial charge in [0.2, 0.25) is 0 Å². The minimum Gasteiger partial charge on any atom is -0.486 e. The van der Waals surface area contributed by atoms with E-state index in [2.05, 4.69) is 13.5 Å². The molecule has 0 saturated heterocycles. The number of thioether (sulfide) groups is 1. The summed E-state index contributed by atoms with van der Waals surface area (Å²) >= 11 is 2.92. The Morgan fingerprint density at radius 1 is 1.34 bits per heavy atom. The number of hydrogen-bond donors (Lipinski definition) is 0. The quantitative estimate of drug-likeness (QED) is 0.229. The van der Waals surface area contributed by atoms with Crippen LogP contribution in [-0.4, -0.2) is 34.3 Å². The number of aryl methyl sites for hydroxylation is 1. The van der Waals surface area contributed by atoms with E-state index in [1.807, 2.05) is 0 Å². The number of fused-ring (bicyclic) bond motifs is 4. The van der Waals surface area contributed by atoms with Crippen LogP contribution in [0.1, 0.15) is 34.1 Å². The number of benzene rings is 1. The van der Waals surface area contributed by atoms with Crippen LogP contribution in [0.2, 0.25) is 0 Å². The van der Waals surface area contributed by atoms with E-state index in [9.17, 15) is 9.59 Å². The molecule has 0 fully saturated rings. The van der Waals surface area contributed by atoms with Crippen molar-refractivity contribution >= 4 is 39.1 Å². The molecule has 1 aromatic carbocycles. The van der Waals surface area contributed by atoms with Crippen molar-refractivity contribution in [3.63, 3.8) is 0 Å². The average molecular weight is 469 g/mol. The molecule has 2 aliphatic rings. The van der Waals surface area contributed by atoms with Gasteiger partial charge in [-0.3, -0.25) is 14.2 Å². The third-order valence-corrected chi connectivity index (χ3v) is 8.01. The lowest BCUT2D eigenvalue weighted by Gasteiger charge is -2.18. The first-order chi connectivity index (χ1) is 15.5. The van der Waals surface area contributed by atoms with Crippen LogP contribution in [0.25, 0.3) is 10.2 Å². The fourth-order valence-electron chi connectivity index (χ4n) is 4.24. The lowest BCUT2D eigenvalue weighted by Crippen LogP contribution is -2.24. The Balaban J connectivity index is 1.44. The number of ketones is 1. The molecule has 32 heavy (non-hydrogen) atoms. The molecule has 3 heterocycles. The van der Waals surface area contributed by atoms with Gasteiger partial charge in [-0.2, -0.15) is 0 Å². The summed E-state index contributed by atoms with van der Waals surface area (Å²) in [5.74, 6) is 2.00. The number of nitrogens with zero attached hydrogens (tertiary/aromatic N) is 2. The molecule has 6 nitrogen and oxygen atoms in total. The SMILES string of the molecule is C=CCn1c(SCC(=O)c2ccc3c(c2)OCCO3)nc2sc3c(c2c1=O)CCC(C)C3. The van der Waals surface area contributed by atoms with Gasteiger partial charge in [-0.05, 0) is 48.9 Å². The Labute approximate surface area is 194 Å². The molecule has 2 aromatic heterocycles. The number of carbonyl (C=O) groups is 1. The predicted octanol–water partition coefficient (Wildman–Crippen LogP) is 4.52. The Bertz CT molecular complexity index is 1280. The summed E-state index contributed by atoms with van der Waals surface area (Å²) in [6.45, 7) is 7.40. The van der Waals surface area contributed by atoms with Crippen LogP contribution in [0.15, 0.2) is 40.8 Å². The molecule has 1 aliphatic carbocycles. The van der Waals surface area contributed by atoms with Gasteiger partial charge in [0.1, 0.15) is 18.0 Å². The van der Waals surface area contributed by atoms with Crippen LogP contribution in [0.5, 0.6) is 11.5 Å². The third kappa shape index (κ3) is 3.86. The van der Waals surface area contributed by atoms with E-state index in [1.54, 1.807) is 40.2 Å². The Hall–Kier alpha value is -2.58. The Morgan fingerprint density at radius 3 is 2.97 bits per heavy atom. The Morgan fingerprint density at radius 2 is 2.16 bits per heavy atom. The maximum Gasteiger partial charge on any atom is 0.263 e. The van der Waals surface area contributed by atoms with Gasteiger partial charge in [0.15, 0.2) is 22.4 Å². The highest BCUT2D eigenvalue weighted by molar-refractivity contribution is 7.99. The highest BCUT2D eigenvalue weighted by Crippen LogP contribution is 2.37. The van der Waals surface area contributed by atoms with E-state index in [0.29, 0.717) is 47.9 Å². The fourth-order valence-corrected chi connectivity index (χ4v) is 6.56. The molecule has 0 amide bonds. The summed E-state index contributed by atoms with van der Waals surface area (Å²) in [6, 6.07) is 5.24. The summed E-state index contributed by atoms with van der Waals surface area (Å²) in [5.41, 5.74) is 1.69. The number of aromatic nitrogens is 2. The molecule has 5 rings (SSSR count). The monoisotopic (exact) mass is 468 g/mol. The van der Waals surface area contributed by atoms with E-state index in [1.165, 1.54) is 22.2 Å². The predicted molar refractivity (Wildman–Crippen MR) is 128 cm³/mol. The zero-order valence-corrected chi connectivity index (χ0v) is 19.5. The summed E-state index contributed by atoms with van der Waals surface area (Å²) in [4.78, 5) is 33.1. The van der Waals surface area contributed by atoms with Crippen LogP contribution in [0.3, 0.4) is 0 Å². The van der Waals surface area contributed by atoms with E-state index >= 15 is 0 Å². The number of carbonyl (C=O) groups excluding carboxylic acids is 1. The van der Waals surface area contributed by atoms with Crippen molar-refractivity contribution in [1.29, 1.82) is 0 Å². The normalized spacial score (nSPS) is 17.2. The second kappa shape index (κ2) is 8.75. The van der Waals surface area contributed by atoms with E-state index in [-0.39, 0.29) is 17.1 Å². The molecule has 8 heteroatoms. The van der Waals surface area contributed by atoms with Gasteiger partial charge in [-0.1, -0.05) is 24.8 Å². The van der Waals surface area contributed by atoms with Crippen molar-refractivity contribution < 1.29 is 14.3 Å². The molecule has 0 radical (unpaired) electrons. The molecule has 3 aromatic rings. The molecular weight excluding hydrogens is 444 g/mol. The largest absolute Gasteiger partial charge is 0.486 e. The van der Waals surface area contributed by atoms with Gasteiger partial charge >= 0.3 is 0 Å².